The largest absolute Gasteiger partial charge is 0.452 e. The molecule has 0 atom stereocenters. The van der Waals surface area contributed by atoms with Crippen LogP contribution in [0.1, 0.15) is 0 Å². The number of para-hydroxylation sites is 6. The second-order valence-corrected chi connectivity index (χ2v) is 33.6. The first-order valence-electron chi connectivity index (χ1n) is 41.8. The quantitative estimate of drug-likeness (QED) is 0.120. The van der Waals surface area contributed by atoms with E-state index in [1.165, 1.54) is 36.4 Å². The van der Waals surface area contributed by atoms with Crippen LogP contribution in [0.25, 0.3) is 43.1 Å². The van der Waals surface area contributed by atoms with E-state index in [-0.39, 0.29) is 22.7 Å². The molecule has 0 amide bonds. The van der Waals surface area contributed by atoms with E-state index in [4.69, 9.17) is 4.74 Å². The second-order valence-electron chi connectivity index (χ2n) is 33.6. The van der Waals surface area contributed by atoms with Crippen molar-refractivity contribution in [2.24, 2.45) is 0 Å². The number of anilines is 21. The monoisotopic (exact) mass is 1600 g/mol. The topological polar surface area (TPSA) is 31.9 Å². The Balaban J connectivity index is 0.787. The molecule has 0 radical (unpaired) electrons. The van der Waals surface area contributed by atoms with Gasteiger partial charge in [0.2, 0.25) is 0 Å². The summed E-state index contributed by atoms with van der Waals surface area (Å²) in [6.07, 6.45) is 0. The van der Waals surface area contributed by atoms with Crippen molar-refractivity contribution in [2.75, 3.05) is 34.3 Å². The SMILES string of the molecule is Fc1ccccc1N1c2cc3c(cc2B2c4cc5ccccc5cc4N(c4ccccc4F)c4cccc1c42)B1c2cc4ccccc4c4c2N2c5c1c(cc1c5B(c5cc6c(cc5N1c1ccccc1F)N(c1ccccc1F)c1cccc5c1B6c1cc6ccccc6cc1N5c1ccccc1F)c1cc5ccccc5c(c12)O4)N3c1ccccc1F. The molecule has 576 valence electrons. The lowest BCUT2D eigenvalue weighted by Crippen LogP contribution is -2.70. The lowest BCUT2D eigenvalue weighted by atomic mass is 9.27. The van der Waals surface area contributed by atoms with Crippen molar-refractivity contribution in [2.45, 2.75) is 0 Å². The summed E-state index contributed by atoms with van der Waals surface area (Å²) in [6, 6.07) is 111. The molecule has 28 rings (SSSR count). The smallest absolute Gasteiger partial charge is 0.252 e. The molecule has 0 saturated carbocycles. The van der Waals surface area contributed by atoms with Gasteiger partial charge in [-0.1, -0.05) is 218 Å². The van der Waals surface area contributed by atoms with E-state index in [0.29, 0.717) is 79.7 Å². The van der Waals surface area contributed by atoms with Gasteiger partial charge >= 0.3 is 0 Å². The van der Waals surface area contributed by atoms with Crippen molar-refractivity contribution in [1.82, 2.24) is 0 Å². The molecule has 0 fully saturated rings. The van der Waals surface area contributed by atoms with E-state index in [0.717, 1.165) is 137 Å². The van der Waals surface area contributed by atoms with Gasteiger partial charge in [-0.25, -0.2) is 26.3 Å². The molecular formula is C106H57B4F6N7O. The molecule has 9 aliphatic heterocycles. The maximum atomic E-state index is 18.7. The molecule has 0 aromatic heterocycles. The molecule has 0 saturated heterocycles. The summed E-state index contributed by atoms with van der Waals surface area (Å²) in [5.74, 6) is -1.57. The number of hydrogen-bond donors (Lipinski definition) is 0. The highest BCUT2D eigenvalue weighted by atomic mass is 19.1. The molecule has 8 nitrogen and oxygen atoms in total. The molecule has 0 unspecified atom stereocenters. The van der Waals surface area contributed by atoms with Crippen LogP contribution in [0.3, 0.4) is 0 Å². The lowest BCUT2D eigenvalue weighted by molar-refractivity contribution is 0.489. The third-order valence-electron chi connectivity index (χ3n) is 27.6. The number of rotatable bonds is 6. The zero-order chi connectivity index (χ0) is 81.7. The van der Waals surface area contributed by atoms with E-state index >= 15 is 26.3 Å². The predicted molar refractivity (Wildman–Crippen MR) is 498 cm³/mol. The highest BCUT2D eigenvalue weighted by Crippen LogP contribution is 2.61. The van der Waals surface area contributed by atoms with Gasteiger partial charge in [0.1, 0.15) is 34.9 Å². The Morgan fingerprint density at radius 1 is 0.169 bits per heavy atom. The fourth-order valence-electron chi connectivity index (χ4n) is 22.8. The number of benzene rings is 19. The van der Waals surface area contributed by atoms with Crippen molar-refractivity contribution in [3.63, 3.8) is 0 Å². The first-order valence-corrected chi connectivity index (χ1v) is 41.8. The van der Waals surface area contributed by atoms with Crippen LogP contribution in [0.2, 0.25) is 0 Å². The molecule has 18 heteroatoms. The summed E-state index contributed by atoms with van der Waals surface area (Å²) in [5, 5.41) is 7.45. The standard InChI is InChI=1S/C106H57B4F6N7O/c111-74-31-9-15-37-80(74)117-86-43-21-45-88-98(86)107(66-47-58-23-1-3-25-60(58)51-90(66)117)68-53-70-94(55-92(68)119(88)82-39-17-11-33-76(82)113)121(84-41-19-13-35-78(84)115)96-57-97-101-104-100(96)109(70)72-49-62-27-5-7-29-64(62)105-102(72)123(104)103-73(50-63-28-6-8-30-65(63)106(103)124-105)110(101)71-54-69-93(56-95(71)122(97)85-42-20-14-36-79(85)116)120(83-40-18-12-34-77(83)114)89-46-22-44-87-99(89)108(69)67-48-59-24-2-4-26-61(59)52-91(67)118(87)81-38-16-10-32-75(81)112/h1-57H. The van der Waals surface area contributed by atoms with Crippen LogP contribution >= 0.6 is 0 Å². The second kappa shape index (κ2) is 24.6. The van der Waals surface area contributed by atoms with Gasteiger partial charge < -0.3 is 39.0 Å². The number of fused-ring (bicyclic) bond motifs is 20. The third kappa shape index (κ3) is 8.82. The average molecular weight is 1600 g/mol. The summed E-state index contributed by atoms with van der Waals surface area (Å²) in [5.41, 5.74) is 22.3. The van der Waals surface area contributed by atoms with Gasteiger partial charge in [-0.3, -0.25) is 0 Å². The van der Waals surface area contributed by atoms with Crippen LogP contribution in [0.5, 0.6) is 11.5 Å². The number of ether oxygens (including phenoxy) is 1. The zero-order valence-electron chi connectivity index (χ0n) is 65.5. The molecule has 0 bridgehead atoms. The summed E-state index contributed by atoms with van der Waals surface area (Å²) in [6.45, 7) is -2.60. The van der Waals surface area contributed by atoms with Crippen LogP contribution in [0, 0.1) is 34.9 Å². The molecule has 124 heavy (non-hydrogen) atoms. The summed E-state index contributed by atoms with van der Waals surface area (Å²) in [4.78, 5) is 14.6. The Bertz CT molecular complexity index is 7710. The Kier molecular flexibility index (Phi) is 13.5. The molecular weight excluding hydrogens is 1540 g/mol. The number of nitrogens with zero attached hydrogens (tertiary/aromatic N) is 7. The van der Waals surface area contributed by atoms with Gasteiger partial charge in [0, 0.05) is 84.7 Å². The fourth-order valence-corrected chi connectivity index (χ4v) is 22.8. The maximum absolute atomic E-state index is 18.7. The van der Waals surface area contributed by atoms with Gasteiger partial charge in [0.05, 0.1) is 45.5 Å². The third-order valence-corrected chi connectivity index (χ3v) is 27.6. The van der Waals surface area contributed by atoms with Gasteiger partial charge in [0.25, 0.3) is 26.9 Å². The first-order chi connectivity index (χ1) is 61.1. The van der Waals surface area contributed by atoms with Crippen LogP contribution in [-0.4, -0.2) is 26.9 Å². The van der Waals surface area contributed by atoms with Gasteiger partial charge in [-0.05, 0) is 225 Å². The highest BCUT2D eigenvalue weighted by Gasteiger charge is 2.58. The summed E-state index contributed by atoms with van der Waals surface area (Å²) < 4.78 is 116. The van der Waals surface area contributed by atoms with Crippen molar-refractivity contribution in [3.05, 3.63) is 381 Å². The average Bonchev–Trinajstić information content (AvgIpc) is 0.562. The molecule has 0 N–H and O–H groups in total. The normalized spacial score (nSPS) is 14.3. The maximum Gasteiger partial charge on any atom is 0.252 e. The van der Waals surface area contributed by atoms with Gasteiger partial charge in [-0.15, -0.1) is 0 Å². The number of halogens is 6. The van der Waals surface area contributed by atoms with E-state index in [1.807, 2.05) is 163 Å². The van der Waals surface area contributed by atoms with E-state index in [9.17, 15) is 0 Å². The first kappa shape index (κ1) is 68.3. The van der Waals surface area contributed by atoms with Gasteiger partial charge in [-0.2, -0.15) is 0 Å². The van der Waals surface area contributed by atoms with Gasteiger partial charge in [0.15, 0.2) is 11.5 Å². The highest BCUT2D eigenvalue weighted by molar-refractivity contribution is 7.07. The Labute approximate surface area is 708 Å². The van der Waals surface area contributed by atoms with Crippen molar-refractivity contribution in [1.29, 1.82) is 0 Å². The molecule has 0 aliphatic carbocycles. The van der Waals surface area contributed by atoms with Crippen LogP contribution in [0.15, 0.2) is 346 Å². The minimum absolute atomic E-state index is 0.221. The Morgan fingerprint density at radius 3 is 0.726 bits per heavy atom. The van der Waals surface area contributed by atoms with Crippen LogP contribution in [-0.2, 0) is 0 Å². The molecule has 19 aromatic rings. The van der Waals surface area contributed by atoms with E-state index < -0.39 is 61.8 Å². The van der Waals surface area contributed by atoms with Crippen LogP contribution in [0.4, 0.5) is 146 Å². The molecule has 9 heterocycles. The Morgan fingerprint density at radius 2 is 0.403 bits per heavy atom. The van der Waals surface area contributed by atoms with Crippen LogP contribution < -0.4 is 105 Å². The Hall–Kier alpha value is -15.5. The molecule has 19 aromatic carbocycles. The van der Waals surface area contributed by atoms with E-state index in [2.05, 4.69) is 132 Å². The van der Waals surface area contributed by atoms with E-state index in [1.54, 1.807) is 48.5 Å². The zero-order valence-corrected chi connectivity index (χ0v) is 65.5. The summed E-state index contributed by atoms with van der Waals surface area (Å²) >= 11 is 0. The minimum atomic E-state index is -0.712. The molecule has 0 spiro atoms. The minimum Gasteiger partial charge on any atom is -0.452 e. The lowest BCUT2D eigenvalue weighted by Gasteiger charge is -2.53. The van der Waals surface area contributed by atoms with Crippen molar-refractivity contribution >= 4 is 255 Å². The fraction of sp³-hybridized carbons (Fsp3) is 0. The summed E-state index contributed by atoms with van der Waals surface area (Å²) in [7, 11) is 0. The predicted octanol–water partition coefficient (Wildman–Crippen LogP) is 20.1. The van der Waals surface area contributed by atoms with Crippen molar-refractivity contribution < 1.29 is 31.1 Å². The molecule has 9 aliphatic rings. The number of hydrogen-bond acceptors (Lipinski definition) is 8. The van der Waals surface area contributed by atoms with Crippen molar-refractivity contribution in [3.8, 4) is 11.5 Å².